The van der Waals surface area contributed by atoms with Crippen molar-refractivity contribution in [2.75, 3.05) is 26.2 Å². The number of aryl methyl sites for hydroxylation is 1. The van der Waals surface area contributed by atoms with Crippen molar-refractivity contribution in [2.24, 2.45) is 0 Å². The molecule has 1 aromatic carbocycles. The van der Waals surface area contributed by atoms with E-state index in [0.717, 1.165) is 12.0 Å². The lowest BCUT2D eigenvalue weighted by molar-refractivity contribution is -0.153. The summed E-state index contributed by atoms with van der Waals surface area (Å²) in [6.07, 6.45) is 0.906. The lowest BCUT2D eigenvalue weighted by Gasteiger charge is -2.44. The molecule has 2 fully saturated rings. The van der Waals surface area contributed by atoms with E-state index in [1.165, 1.54) is 4.90 Å². The molecule has 2 aliphatic rings. The fourth-order valence-electron chi connectivity index (χ4n) is 3.17. The first-order valence-corrected chi connectivity index (χ1v) is 8.15. The highest BCUT2D eigenvalue weighted by atomic mass is 16.3. The van der Waals surface area contributed by atoms with E-state index in [1.807, 2.05) is 19.1 Å². The molecule has 2 saturated heterocycles. The highest BCUT2D eigenvalue weighted by Gasteiger charge is 2.44. The van der Waals surface area contributed by atoms with Gasteiger partial charge in [0.1, 0.15) is 12.1 Å². The molecule has 0 aliphatic carbocycles. The van der Waals surface area contributed by atoms with Crippen LogP contribution in [0.3, 0.4) is 0 Å². The van der Waals surface area contributed by atoms with Gasteiger partial charge in [-0.1, -0.05) is 19.1 Å². The molecule has 2 N–H and O–H groups in total. The summed E-state index contributed by atoms with van der Waals surface area (Å²) in [6.45, 7) is 2.48. The van der Waals surface area contributed by atoms with Crippen molar-refractivity contribution in [3.63, 3.8) is 0 Å². The second-order valence-electron chi connectivity index (χ2n) is 6.09. The van der Waals surface area contributed by atoms with Crippen LogP contribution in [0.25, 0.3) is 0 Å². The highest BCUT2D eigenvalue weighted by molar-refractivity contribution is 5.99. The van der Waals surface area contributed by atoms with Crippen LogP contribution in [-0.2, 0) is 16.0 Å². The predicted octanol–water partition coefficient (Wildman–Crippen LogP) is -0.607. The SMILES string of the molecule is CCc1ccc(C(=O)N2CCN3C(=O)[C@H](CO)NC(=O)[C@H]3C2)cc1. The first-order valence-electron chi connectivity index (χ1n) is 8.15. The zero-order chi connectivity index (χ0) is 17.3. The summed E-state index contributed by atoms with van der Waals surface area (Å²) in [5.74, 6) is -0.754. The van der Waals surface area contributed by atoms with Crippen molar-refractivity contribution in [3.8, 4) is 0 Å². The zero-order valence-electron chi connectivity index (χ0n) is 13.6. The molecule has 2 heterocycles. The van der Waals surface area contributed by atoms with Gasteiger partial charge in [0.15, 0.2) is 0 Å². The fraction of sp³-hybridized carbons (Fsp3) is 0.471. The molecule has 0 saturated carbocycles. The van der Waals surface area contributed by atoms with E-state index in [0.29, 0.717) is 18.7 Å². The molecule has 128 valence electrons. The maximum Gasteiger partial charge on any atom is 0.253 e. The molecule has 3 rings (SSSR count). The number of amides is 3. The molecular weight excluding hydrogens is 310 g/mol. The Kier molecular flexibility index (Phi) is 4.53. The molecule has 2 atom stereocenters. The van der Waals surface area contributed by atoms with E-state index in [1.54, 1.807) is 17.0 Å². The summed E-state index contributed by atoms with van der Waals surface area (Å²) in [6, 6.07) is 5.87. The van der Waals surface area contributed by atoms with Gasteiger partial charge in [-0.25, -0.2) is 0 Å². The Labute approximate surface area is 140 Å². The monoisotopic (exact) mass is 331 g/mol. The summed E-state index contributed by atoms with van der Waals surface area (Å²) >= 11 is 0. The number of carbonyl (C=O) groups is 3. The second kappa shape index (κ2) is 6.60. The number of benzene rings is 1. The Hall–Kier alpha value is -2.41. The van der Waals surface area contributed by atoms with Gasteiger partial charge in [0.2, 0.25) is 11.8 Å². The van der Waals surface area contributed by atoms with Crippen molar-refractivity contribution >= 4 is 17.7 Å². The summed E-state index contributed by atoms with van der Waals surface area (Å²) in [4.78, 5) is 40.1. The minimum Gasteiger partial charge on any atom is -0.394 e. The number of aliphatic hydroxyl groups excluding tert-OH is 1. The van der Waals surface area contributed by atoms with Gasteiger partial charge in [0.05, 0.1) is 13.2 Å². The minimum atomic E-state index is -0.877. The lowest BCUT2D eigenvalue weighted by Crippen LogP contribution is -2.70. The van der Waals surface area contributed by atoms with Gasteiger partial charge < -0.3 is 20.2 Å². The smallest absolute Gasteiger partial charge is 0.253 e. The number of nitrogens with zero attached hydrogens (tertiary/aromatic N) is 2. The van der Waals surface area contributed by atoms with Crippen LogP contribution < -0.4 is 5.32 Å². The Morgan fingerprint density at radius 2 is 1.96 bits per heavy atom. The van der Waals surface area contributed by atoms with Gasteiger partial charge in [-0.2, -0.15) is 0 Å². The average Bonchev–Trinajstić information content (AvgIpc) is 2.63. The maximum absolute atomic E-state index is 12.6. The lowest BCUT2D eigenvalue weighted by atomic mass is 10.0. The van der Waals surface area contributed by atoms with Gasteiger partial charge in [0, 0.05) is 18.7 Å². The number of carbonyl (C=O) groups excluding carboxylic acids is 3. The third-order valence-corrected chi connectivity index (χ3v) is 4.66. The quantitative estimate of drug-likeness (QED) is 0.773. The molecule has 0 spiro atoms. The predicted molar refractivity (Wildman–Crippen MR) is 86.2 cm³/mol. The molecule has 7 nitrogen and oxygen atoms in total. The van der Waals surface area contributed by atoms with E-state index < -0.39 is 18.7 Å². The Morgan fingerprint density at radius 1 is 1.25 bits per heavy atom. The molecule has 2 aliphatic heterocycles. The molecular formula is C17H21N3O4. The highest BCUT2D eigenvalue weighted by Crippen LogP contribution is 2.18. The normalized spacial score (nSPS) is 23.8. The number of hydrogen-bond donors (Lipinski definition) is 2. The topological polar surface area (TPSA) is 90.0 Å². The third-order valence-electron chi connectivity index (χ3n) is 4.66. The Balaban J connectivity index is 1.73. The molecule has 7 heteroatoms. The number of fused-ring (bicyclic) bond motifs is 1. The van der Waals surface area contributed by atoms with Gasteiger partial charge in [-0.15, -0.1) is 0 Å². The second-order valence-corrected chi connectivity index (χ2v) is 6.09. The summed E-state index contributed by atoms with van der Waals surface area (Å²) in [5, 5.41) is 11.7. The van der Waals surface area contributed by atoms with Gasteiger partial charge in [-0.05, 0) is 24.1 Å². The molecule has 1 aromatic rings. The summed E-state index contributed by atoms with van der Waals surface area (Å²) < 4.78 is 0. The third kappa shape index (κ3) is 2.87. The number of hydrogen-bond acceptors (Lipinski definition) is 4. The fourth-order valence-corrected chi connectivity index (χ4v) is 3.17. The number of nitrogens with one attached hydrogen (secondary N) is 1. The first kappa shape index (κ1) is 16.4. The van der Waals surface area contributed by atoms with Crippen molar-refractivity contribution in [2.45, 2.75) is 25.4 Å². The molecule has 0 radical (unpaired) electrons. The minimum absolute atomic E-state index is 0.137. The largest absolute Gasteiger partial charge is 0.394 e. The van der Waals surface area contributed by atoms with Crippen LogP contribution in [0.5, 0.6) is 0 Å². The van der Waals surface area contributed by atoms with Crippen molar-refractivity contribution in [3.05, 3.63) is 35.4 Å². The van der Waals surface area contributed by atoms with Crippen LogP contribution in [0.15, 0.2) is 24.3 Å². The standard InChI is InChI=1S/C17H21N3O4/c1-2-11-3-5-12(6-4-11)16(23)19-7-8-20-14(9-19)15(22)18-13(10-21)17(20)24/h3-6,13-14,21H,2,7-10H2,1H3,(H,18,22)/t13-,14+/m0/s1. The van der Waals surface area contributed by atoms with Crippen LogP contribution >= 0.6 is 0 Å². The van der Waals surface area contributed by atoms with Crippen LogP contribution in [0.2, 0.25) is 0 Å². The van der Waals surface area contributed by atoms with Crippen LogP contribution in [0.4, 0.5) is 0 Å². The zero-order valence-corrected chi connectivity index (χ0v) is 13.6. The summed E-state index contributed by atoms with van der Waals surface area (Å²) in [5.41, 5.74) is 1.74. The maximum atomic E-state index is 12.6. The molecule has 0 bridgehead atoms. The van der Waals surface area contributed by atoms with E-state index in [-0.39, 0.29) is 24.3 Å². The van der Waals surface area contributed by atoms with Crippen LogP contribution in [0.1, 0.15) is 22.8 Å². The molecule has 24 heavy (non-hydrogen) atoms. The molecule has 0 aromatic heterocycles. The molecule has 3 amide bonds. The van der Waals surface area contributed by atoms with E-state index in [2.05, 4.69) is 5.32 Å². The van der Waals surface area contributed by atoms with Gasteiger partial charge in [-0.3, -0.25) is 14.4 Å². The van der Waals surface area contributed by atoms with Crippen molar-refractivity contribution in [1.29, 1.82) is 0 Å². The van der Waals surface area contributed by atoms with Crippen LogP contribution in [-0.4, -0.2) is 71.0 Å². The molecule has 0 unspecified atom stereocenters. The van der Waals surface area contributed by atoms with Gasteiger partial charge >= 0.3 is 0 Å². The number of rotatable bonds is 3. The van der Waals surface area contributed by atoms with E-state index >= 15 is 0 Å². The number of piperazine rings is 2. The van der Waals surface area contributed by atoms with E-state index in [9.17, 15) is 19.5 Å². The Morgan fingerprint density at radius 3 is 2.58 bits per heavy atom. The van der Waals surface area contributed by atoms with Crippen LogP contribution in [0, 0.1) is 0 Å². The summed E-state index contributed by atoms with van der Waals surface area (Å²) in [7, 11) is 0. The van der Waals surface area contributed by atoms with E-state index in [4.69, 9.17) is 0 Å². The van der Waals surface area contributed by atoms with Gasteiger partial charge in [0.25, 0.3) is 5.91 Å². The van der Waals surface area contributed by atoms with Crippen molar-refractivity contribution in [1.82, 2.24) is 15.1 Å². The Bertz CT molecular complexity index is 658. The van der Waals surface area contributed by atoms with Crippen molar-refractivity contribution < 1.29 is 19.5 Å². The average molecular weight is 331 g/mol. The number of aliphatic hydroxyl groups is 1. The first-order chi connectivity index (χ1) is 11.5.